The summed E-state index contributed by atoms with van der Waals surface area (Å²) < 4.78 is 0. The lowest BCUT2D eigenvalue weighted by molar-refractivity contribution is -0.129. The average molecular weight is 392 g/mol. The number of nitrogens with one attached hydrogen (secondary N) is 1. The summed E-state index contributed by atoms with van der Waals surface area (Å²) in [6, 6.07) is 6.47. The van der Waals surface area contributed by atoms with Crippen molar-refractivity contribution in [2.24, 2.45) is 5.41 Å². The predicted molar refractivity (Wildman–Crippen MR) is 102 cm³/mol. The van der Waals surface area contributed by atoms with Crippen molar-refractivity contribution in [3.05, 3.63) is 39.9 Å². The molecule has 1 aromatic carbocycles. The first-order chi connectivity index (χ1) is 12.1. The lowest BCUT2D eigenvalue weighted by Crippen LogP contribution is -2.34. The highest BCUT2D eigenvalue weighted by Gasteiger charge is 2.30. The van der Waals surface area contributed by atoms with Gasteiger partial charge < -0.3 is 5.32 Å². The molecule has 1 aliphatic heterocycles. The maximum Gasteiger partial charge on any atom is 0.244 e. The van der Waals surface area contributed by atoms with Crippen molar-refractivity contribution in [1.29, 1.82) is 5.26 Å². The summed E-state index contributed by atoms with van der Waals surface area (Å²) in [5, 5.41) is 12.2. The maximum atomic E-state index is 12.3. The van der Waals surface area contributed by atoms with Crippen LogP contribution in [0.15, 0.2) is 29.3 Å². The molecule has 0 atom stereocenters. The van der Waals surface area contributed by atoms with E-state index in [0.29, 0.717) is 16.3 Å². The number of hydrogen-bond acceptors (Lipinski definition) is 5. The number of anilines is 1. The molecule has 1 heterocycles. The highest BCUT2D eigenvalue weighted by Crippen LogP contribution is 2.30. The Hall–Kier alpha value is -2.30. The Bertz CT molecular complexity index is 837. The zero-order valence-electron chi connectivity index (χ0n) is 14.6. The molecule has 136 valence electrons. The fourth-order valence-electron chi connectivity index (χ4n) is 2.06. The molecule has 2 rings (SSSR count). The third kappa shape index (κ3) is 4.87. The third-order valence-electron chi connectivity index (χ3n) is 3.58. The first kappa shape index (κ1) is 20.0. The van der Waals surface area contributed by atoms with Gasteiger partial charge in [0.25, 0.3) is 0 Å². The first-order valence-electron chi connectivity index (χ1n) is 7.80. The second-order valence-electron chi connectivity index (χ2n) is 6.72. The summed E-state index contributed by atoms with van der Waals surface area (Å²) in [5.74, 6) is -0.565. The molecule has 26 heavy (non-hydrogen) atoms. The molecule has 0 unspecified atom stereocenters. The summed E-state index contributed by atoms with van der Waals surface area (Å²) in [5.41, 5.74) is 0.170. The van der Waals surface area contributed by atoms with Crippen molar-refractivity contribution in [2.75, 3.05) is 17.6 Å². The van der Waals surface area contributed by atoms with Crippen molar-refractivity contribution < 1.29 is 14.4 Å². The normalized spacial score (nSPS) is 15.9. The molecule has 0 radical (unpaired) electrons. The van der Waals surface area contributed by atoms with E-state index in [0.717, 1.165) is 0 Å². The van der Waals surface area contributed by atoms with Crippen molar-refractivity contribution in [3.63, 3.8) is 0 Å². The molecule has 2 amide bonds. The van der Waals surface area contributed by atoms with Crippen LogP contribution in [0, 0.1) is 16.7 Å². The highest BCUT2D eigenvalue weighted by atomic mass is 35.5. The number of ketones is 1. The number of allylic oxidation sites excluding steroid dienone is 1. The number of benzene rings is 1. The number of rotatable bonds is 4. The Morgan fingerprint density at radius 3 is 2.69 bits per heavy atom. The quantitative estimate of drug-likeness (QED) is 0.796. The Labute approximate surface area is 161 Å². The van der Waals surface area contributed by atoms with Crippen LogP contribution in [0.4, 0.5) is 5.69 Å². The van der Waals surface area contributed by atoms with E-state index in [4.69, 9.17) is 16.9 Å². The molecule has 1 aliphatic rings. The summed E-state index contributed by atoms with van der Waals surface area (Å²) in [6.45, 7) is 5.17. The van der Waals surface area contributed by atoms with Gasteiger partial charge in [0, 0.05) is 17.2 Å². The van der Waals surface area contributed by atoms with Crippen LogP contribution in [0.1, 0.15) is 26.3 Å². The van der Waals surface area contributed by atoms with Gasteiger partial charge in [0.05, 0.1) is 21.4 Å². The van der Waals surface area contributed by atoms with E-state index < -0.39 is 11.3 Å². The van der Waals surface area contributed by atoms with Crippen molar-refractivity contribution in [1.82, 2.24) is 4.90 Å². The molecule has 0 spiro atoms. The number of carbonyl (C=O) groups excluding carboxylic acids is 3. The minimum absolute atomic E-state index is 0.112. The number of halogens is 1. The van der Waals surface area contributed by atoms with E-state index in [1.807, 2.05) is 6.07 Å². The summed E-state index contributed by atoms with van der Waals surface area (Å²) >= 11 is 7.18. The van der Waals surface area contributed by atoms with Gasteiger partial charge in [0.2, 0.25) is 11.8 Å². The van der Waals surface area contributed by atoms with Gasteiger partial charge in [-0.3, -0.25) is 19.3 Å². The van der Waals surface area contributed by atoms with Gasteiger partial charge >= 0.3 is 0 Å². The number of nitriles is 1. The van der Waals surface area contributed by atoms with Gasteiger partial charge in [-0.15, -0.1) is 0 Å². The second-order valence-corrected chi connectivity index (χ2v) is 8.12. The van der Waals surface area contributed by atoms with Crippen molar-refractivity contribution in [3.8, 4) is 6.07 Å². The number of amides is 2. The van der Waals surface area contributed by atoms with Crippen LogP contribution in [0.5, 0.6) is 0 Å². The molecular weight excluding hydrogens is 374 g/mol. The molecular formula is C18H18ClN3O3S. The lowest BCUT2D eigenvalue weighted by atomic mass is 9.91. The molecule has 0 aliphatic carbocycles. The van der Waals surface area contributed by atoms with Gasteiger partial charge in [-0.2, -0.15) is 5.26 Å². The van der Waals surface area contributed by atoms with Gasteiger partial charge in [-0.1, -0.05) is 44.1 Å². The Morgan fingerprint density at radius 2 is 2.12 bits per heavy atom. The summed E-state index contributed by atoms with van der Waals surface area (Å²) in [6.07, 6.45) is 1.42. The standard InChI is InChI=1S/C18H18ClN3O3S/c1-18(2,3)14(23)7-17-22(16(25)10-26-17)9-15(24)21-12-5-4-11(8-20)13(19)6-12/h4-7H,9-10H2,1-3H3,(H,21,24)/b17-7-. The van der Waals surface area contributed by atoms with E-state index in [1.54, 1.807) is 26.8 Å². The van der Waals surface area contributed by atoms with Crippen molar-refractivity contribution in [2.45, 2.75) is 20.8 Å². The molecule has 1 N–H and O–H groups in total. The first-order valence-corrected chi connectivity index (χ1v) is 9.17. The van der Waals surface area contributed by atoms with Crippen LogP contribution in [0.3, 0.4) is 0 Å². The Balaban J connectivity index is 2.10. The van der Waals surface area contributed by atoms with Gasteiger partial charge in [0.15, 0.2) is 5.78 Å². The zero-order valence-corrected chi connectivity index (χ0v) is 16.2. The van der Waals surface area contributed by atoms with Crippen LogP contribution < -0.4 is 5.32 Å². The molecule has 8 heteroatoms. The van der Waals surface area contributed by atoms with E-state index in [9.17, 15) is 14.4 Å². The second kappa shape index (κ2) is 7.94. The fourth-order valence-corrected chi connectivity index (χ4v) is 3.22. The van der Waals surface area contributed by atoms with Crippen LogP contribution in [0.2, 0.25) is 5.02 Å². The van der Waals surface area contributed by atoms with Gasteiger partial charge in [0.1, 0.15) is 12.6 Å². The Kier molecular flexibility index (Phi) is 6.11. The summed E-state index contributed by atoms with van der Waals surface area (Å²) in [4.78, 5) is 37.8. The predicted octanol–water partition coefficient (Wildman–Crippen LogP) is 3.18. The zero-order chi connectivity index (χ0) is 19.5. The third-order valence-corrected chi connectivity index (χ3v) is 4.92. The largest absolute Gasteiger partial charge is 0.324 e. The molecule has 1 aromatic rings. The number of thioether (sulfide) groups is 1. The SMILES string of the molecule is CC(C)(C)C(=O)/C=C1\SCC(=O)N1CC(=O)Nc1ccc(C#N)c(Cl)c1. The van der Waals surface area contributed by atoms with Crippen LogP contribution in [-0.4, -0.2) is 34.8 Å². The van der Waals surface area contributed by atoms with Crippen LogP contribution in [-0.2, 0) is 14.4 Å². The van der Waals surface area contributed by atoms with Gasteiger partial charge in [-0.05, 0) is 18.2 Å². The molecule has 0 saturated carbocycles. The number of hydrogen-bond donors (Lipinski definition) is 1. The smallest absolute Gasteiger partial charge is 0.244 e. The minimum Gasteiger partial charge on any atom is -0.324 e. The molecule has 0 bridgehead atoms. The highest BCUT2D eigenvalue weighted by molar-refractivity contribution is 8.04. The average Bonchev–Trinajstić information content (AvgIpc) is 2.87. The molecule has 6 nitrogen and oxygen atoms in total. The maximum absolute atomic E-state index is 12.3. The number of carbonyl (C=O) groups is 3. The van der Waals surface area contributed by atoms with E-state index in [-0.39, 0.29) is 29.0 Å². The number of nitrogens with zero attached hydrogens (tertiary/aromatic N) is 2. The van der Waals surface area contributed by atoms with Gasteiger partial charge in [-0.25, -0.2) is 0 Å². The topological polar surface area (TPSA) is 90.3 Å². The van der Waals surface area contributed by atoms with E-state index in [2.05, 4.69) is 5.32 Å². The van der Waals surface area contributed by atoms with Crippen LogP contribution >= 0.6 is 23.4 Å². The summed E-state index contributed by atoms with van der Waals surface area (Å²) in [7, 11) is 0. The van der Waals surface area contributed by atoms with E-state index in [1.165, 1.54) is 34.9 Å². The Morgan fingerprint density at radius 1 is 1.42 bits per heavy atom. The molecule has 1 saturated heterocycles. The van der Waals surface area contributed by atoms with E-state index >= 15 is 0 Å². The fraction of sp³-hybridized carbons (Fsp3) is 0.333. The minimum atomic E-state index is -0.563. The molecule has 1 fully saturated rings. The molecule has 0 aromatic heterocycles. The lowest BCUT2D eigenvalue weighted by Gasteiger charge is -2.19. The monoisotopic (exact) mass is 391 g/mol. The van der Waals surface area contributed by atoms with Crippen molar-refractivity contribution >= 4 is 46.6 Å². The van der Waals surface area contributed by atoms with Crippen LogP contribution in [0.25, 0.3) is 0 Å².